The van der Waals surface area contributed by atoms with Crippen LogP contribution in [0.4, 0.5) is 10.2 Å². The highest BCUT2D eigenvalue weighted by Crippen LogP contribution is 2.05. The highest BCUT2D eigenvalue weighted by molar-refractivity contribution is 5.89. The average molecular weight is 212 g/mol. The van der Waals surface area contributed by atoms with Crippen LogP contribution in [0, 0.1) is 5.95 Å². The lowest BCUT2D eigenvalue weighted by Crippen LogP contribution is -2.12. The van der Waals surface area contributed by atoms with E-state index in [4.69, 9.17) is 5.11 Å². The first-order valence-electron chi connectivity index (χ1n) is 4.75. The molecule has 1 aromatic heterocycles. The Bertz CT molecular complexity index is 331. The van der Waals surface area contributed by atoms with Gasteiger partial charge in [-0.05, 0) is 25.0 Å². The van der Waals surface area contributed by atoms with Crippen LogP contribution in [0.5, 0.6) is 0 Å². The second-order valence-electron chi connectivity index (χ2n) is 3.07. The number of hydrogen-bond acceptors (Lipinski definition) is 3. The van der Waals surface area contributed by atoms with Crippen molar-refractivity contribution in [1.82, 2.24) is 4.98 Å². The van der Waals surface area contributed by atoms with E-state index in [9.17, 15) is 9.18 Å². The van der Waals surface area contributed by atoms with Crippen LogP contribution in [0.3, 0.4) is 0 Å². The fourth-order valence-corrected chi connectivity index (χ4v) is 1.08. The van der Waals surface area contributed by atoms with Crippen LogP contribution in [0.25, 0.3) is 0 Å². The Morgan fingerprint density at radius 1 is 1.47 bits per heavy atom. The zero-order chi connectivity index (χ0) is 11.1. The predicted molar refractivity (Wildman–Crippen MR) is 53.8 cm³/mol. The highest BCUT2D eigenvalue weighted by Gasteiger charge is 2.03. The Labute approximate surface area is 87.1 Å². The molecule has 15 heavy (non-hydrogen) atoms. The Kier molecular flexibility index (Phi) is 4.70. The molecule has 0 unspecified atom stereocenters. The molecule has 0 fully saturated rings. The Morgan fingerprint density at radius 3 is 2.93 bits per heavy atom. The molecule has 1 amide bonds. The molecule has 0 radical (unpaired) electrons. The van der Waals surface area contributed by atoms with Gasteiger partial charge in [-0.15, -0.1) is 0 Å². The number of anilines is 1. The number of nitrogens with zero attached hydrogens (tertiary/aromatic N) is 1. The van der Waals surface area contributed by atoms with Crippen molar-refractivity contribution < 1.29 is 14.3 Å². The SMILES string of the molecule is O=C(CCCCO)Nc1cccc(F)n1. The van der Waals surface area contributed by atoms with Crippen molar-refractivity contribution in [2.75, 3.05) is 11.9 Å². The summed E-state index contributed by atoms with van der Waals surface area (Å²) in [6.07, 6.45) is 1.50. The summed E-state index contributed by atoms with van der Waals surface area (Å²) < 4.78 is 12.6. The van der Waals surface area contributed by atoms with E-state index in [1.54, 1.807) is 0 Å². The Hall–Kier alpha value is -1.49. The number of aromatic nitrogens is 1. The number of carbonyl (C=O) groups is 1. The van der Waals surface area contributed by atoms with Gasteiger partial charge in [-0.3, -0.25) is 4.79 Å². The van der Waals surface area contributed by atoms with Crippen molar-refractivity contribution in [3.8, 4) is 0 Å². The summed E-state index contributed by atoms with van der Waals surface area (Å²) in [7, 11) is 0. The lowest BCUT2D eigenvalue weighted by atomic mass is 10.2. The first-order valence-corrected chi connectivity index (χ1v) is 4.75. The van der Waals surface area contributed by atoms with Crippen molar-refractivity contribution in [3.63, 3.8) is 0 Å². The molecule has 2 N–H and O–H groups in total. The van der Waals surface area contributed by atoms with Crippen LogP contribution >= 0.6 is 0 Å². The van der Waals surface area contributed by atoms with Crippen molar-refractivity contribution in [2.45, 2.75) is 19.3 Å². The number of amides is 1. The summed E-state index contributed by atoms with van der Waals surface area (Å²) in [5.74, 6) is -0.631. The molecular formula is C10H13FN2O2. The molecule has 0 aromatic carbocycles. The van der Waals surface area contributed by atoms with Gasteiger partial charge >= 0.3 is 0 Å². The average Bonchev–Trinajstić information content (AvgIpc) is 2.18. The van der Waals surface area contributed by atoms with Gasteiger partial charge < -0.3 is 10.4 Å². The van der Waals surface area contributed by atoms with E-state index >= 15 is 0 Å². The zero-order valence-corrected chi connectivity index (χ0v) is 8.24. The maximum absolute atomic E-state index is 12.6. The fraction of sp³-hybridized carbons (Fsp3) is 0.400. The third-order valence-electron chi connectivity index (χ3n) is 1.79. The number of aliphatic hydroxyl groups excluding tert-OH is 1. The second-order valence-corrected chi connectivity index (χ2v) is 3.07. The third-order valence-corrected chi connectivity index (χ3v) is 1.79. The maximum atomic E-state index is 12.6. The van der Waals surface area contributed by atoms with Crippen LogP contribution < -0.4 is 5.32 Å². The summed E-state index contributed by atoms with van der Waals surface area (Å²) in [5, 5.41) is 11.0. The predicted octanol–water partition coefficient (Wildman–Crippen LogP) is 1.32. The quantitative estimate of drug-likeness (QED) is 0.571. The molecule has 1 aromatic rings. The monoisotopic (exact) mass is 212 g/mol. The Balaban J connectivity index is 2.37. The van der Waals surface area contributed by atoms with Crippen molar-refractivity contribution in [2.24, 2.45) is 0 Å². The molecular weight excluding hydrogens is 199 g/mol. The molecule has 0 aliphatic heterocycles. The summed E-state index contributed by atoms with van der Waals surface area (Å²) in [4.78, 5) is 14.7. The van der Waals surface area contributed by atoms with Crippen molar-refractivity contribution in [3.05, 3.63) is 24.1 Å². The minimum Gasteiger partial charge on any atom is -0.396 e. The van der Waals surface area contributed by atoms with Crippen LogP contribution in [-0.4, -0.2) is 22.6 Å². The summed E-state index contributed by atoms with van der Waals surface area (Å²) >= 11 is 0. The van der Waals surface area contributed by atoms with Gasteiger partial charge in [0.2, 0.25) is 11.9 Å². The number of aliphatic hydroxyl groups is 1. The van der Waals surface area contributed by atoms with E-state index in [0.29, 0.717) is 19.3 Å². The van der Waals surface area contributed by atoms with Gasteiger partial charge in [-0.25, -0.2) is 4.98 Å². The smallest absolute Gasteiger partial charge is 0.225 e. The number of rotatable bonds is 5. The van der Waals surface area contributed by atoms with Crippen molar-refractivity contribution in [1.29, 1.82) is 0 Å². The number of halogens is 1. The molecule has 0 aliphatic rings. The lowest BCUT2D eigenvalue weighted by Gasteiger charge is -2.03. The van der Waals surface area contributed by atoms with Gasteiger partial charge in [-0.2, -0.15) is 4.39 Å². The largest absolute Gasteiger partial charge is 0.396 e. The molecule has 0 saturated heterocycles. The first-order chi connectivity index (χ1) is 7.22. The molecule has 4 nitrogen and oxygen atoms in total. The zero-order valence-electron chi connectivity index (χ0n) is 8.24. The Morgan fingerprint density at radius 2 is 2.27 bits per heavy atom. The second kappa shape index (κ2) is 6.08. The molecule has 0 saturated carbocycles. The fourth-order valence-electron chi connectivity index (χ4n) is 1.08. The number of hydrogen-bond donors (Lipinski definition) is 2. The van der Waals surface area contributed by atoms with Crippen LogP contribution in [0.2, 0.25) is 0 Å². The molecule has 1 heterocycles. The topological polar surface area (TPSA) is 62.2 Å². The van der Waals surface area contributed by atoms with Crippen LogP contribution in [-0.2, 0) is 4.79 Å². The maximum Gasteiger partial charge on any atom is 0.225 e. The van der Waals surface area contributed by atoms with E-state index in [1.807, 2.05) is 0 Å². The third kappa shape index (κ3) is 4.51. The molecule has 0 aliphatic carbocycles. The van der Waals surface area contributed by atoms with E-state index < -0.39 is 5.95 Å². The summed E-state index contributed by atoms with van der Waals surface area (Å²) in [5.41, 5.74) is 0. The molecule has 0 spiro atoms. The van der Waals surface area contributed by atoms with E-state index in [2.05, 4.69) is 10.3 Å². The molecule has 0 bridgehead atoms. The minimum absolute atomic E-state index is 0.0749. The van der Waals surface area contributed by atoms with E-state index in [0.717, 1.165) is 0 Å². The standard InChI is InChI=1S/C10H13FN2O2/c11-8-4-3-5-9(12-8)13-10(15)6-1-2-7-14/h3-5,14H,1-2,6-7H2,(H,12,13,15). The number of carbonyl (C=O) groups excluding carboxylic acids is 1. The number of pyridine rings is 1. The normalized spacial score (nSPS) is 10.0. The first kappa shape index (κ1) is 11.6. The van der Waals surface area contributed by atoms with Gasteiger partial charge in [0.05, 0.1) is 0 Å². The molecule has 1 rings (SSSR count). The number of nitrogens with one attached hydrogen (secondary N) is 1. The van der Waals surface area contributed by atoms with Gasteiger partial charge in [0.1, 0.15) is 5.82 Å². The van der Waals surface area contributed by atoms with Crippen molar-refractivity contribution >= 4 is 11.7 Å². The molecule has 0 atom stereocenters. The van der Waals surface area contributed by atoms with Gasteiger partial charge in [0.15, 0.2) is 0 Å². The van der Waals surface area contributed by atoms with Gasteiger partial charge in [-0.1, -0.05) is 6.07 Å². The molecule has 82 valence electrons. The van der Waals surface area contributed by atoms with Gasteiger partial charge in [0, 0.05) is 13.0 Å². The molecule has 5 heteroatoms. The van der Waals surface area contributed by atoms with E-state index in [1.165, 1.54) is 18.2 Å². The number of unbranched alkanes of at least 4 members (excludes halogenated alkanes) is 1. The summed E-state index contributed by atoms with van der Waals surface area (Å²) in [6, 6.07) is 4.21. The summed E-state index contributed by atoms with van der Waals surface area (Å²) in [6.45, 7) is 0.0749. The van der Waals surface area contributed by atoms with Crippen LogP contribution in [0.15, 0.2) is 18.2 Å². The van der Waals surface area contributed by atoms with Crippen LogP contribution in [0.1, 0.15) is 19.3 Å². The minimum atomic E-state index is -0.622. The van der Waals surface area contributed by atoms with Gasteiger partial charge in [0.25, 0.3) is 0 Å². The lowest BCUT2D eigenvalue weighted by molar-refractivity contribution is -0.116. The van der Waals surface area contributed by atoms with E-state index in [-0.39, 0.29) is 18.3 Å². The highest BCUT2D eigenvalue weighted by atomic mass is 19.1.